The van der Waals surface area contributed by atoms with Crippen molar-refractivity contribution in [2.24, 2.45) is 23.7 Å². The van der Waals surface area contributed by atoms with E-state index in [1.54, 1.807) is 42.5 Å². The normalized spacial score (nSPS) is 28.3. The number of benzene rings is 2. The van der Waals surface area contributed by atoms with Gasteiger partial charge in [0.05, 0.1) is 11.8 Å². The van der Waals surface area contributed by atoms with Crippen molar-refractivity contribution in [1.29, 1.82) is 0 Å². The molecule has 1 heterocycles. The van der Waals surface area contributed by atoms with E-state index in [1.807, 2.05) is 6.92 Å². The highest BCUT2D eigenvalue weighted by atomic mass is 35.5. The highest BCUT2D eigenvalue weighted by Gasteiger charge is 2.63. The molecule has 30 heavy (non-hydrogen) atoms. The smallest absolute Gasteiger partial charge is 0.310 e. The maximum Gasteiger partial charge on any atom is 0.310 e. The number of hydrogen-bond acceptors (Lipinski definition) is 4. The Hall–Kier alpha value is -2.86. The van der Waals surface area contributed by atoms with Gasteiger partial charge in [0.15, 0.2) is 0 Å². The molecule has 2 aromatic rings. The van der Waals surface area contributed by atoms with Gasteiger partial charge in [0, 0.05) is 27.9 Å². The summed E-state index contributed by atoms with van der Waals surface area (Å²) in [7, 11) is 0. The van der Waals surface area contributed by atoms with Gasteiger partial charge in [-0.2, -0.15) is 0 Å². The summed E-state index contributed by atoms with van der Waals surface area (Å²) in [5.74, 6) is -1.02. The molecule has 2 saturated carbocycles. The average Bonchev–Trinajstić information content (AvgIpc) is 3.34. The van der Waals surface area contributed by atoms with Gasteiger partial charge in [-0.15, -0.1) is 0 Å². The van der Waals surface area contributed by atoms with Crippen LogP contribution in [0.1, 0.15) is 28.8 Å². The maximum atomic E-state index is 13.0. The second-order valence-corrected chi connectivity index (χ2v) is 8.77. The number of anilines is 2. The first kappa shape index (κ1) is 19.1. The molecule has 3 fully saturated rings. The van der Waals surface area contributed by atoms with Crippen molar-refractivity contribution in [1.82, 2.24) is 0 Å². The average molecular weight is 425 g/mol. The first-order valence-corrected chi connectivity index (χ1v) is 10.5. The quantitative estimate of drug-likeness (QED) is 0.725. The Morgan fingerprint density at radius 2 is 1.90 bits per heavy atom. The molecule has 0 spiro atoms. The van der Waals surface area contributed by atoms with Crippen LogP contribution in [-0.4, -0.2) is 23.9 Å². The lowest BCUT2D eigenvalue weighted by atomic mass is 9.79. The van der Waals surface area contributed by atoms with Crippen molar-refractivity contribution < 1.29 is 19.1 Å². The van der Waals surface area contributed by atoms with Crippen LogP contribution in [0.2, 0.25) is 5.02 Å². The number of carbonyl (C=O) groups is 3. The molecule has 2 amide bonds. The van der Waals surface area contributed by atoms with Gasteiger partial charge in [-0.25, -0.2) is 0 Å². The van der Waals surface area contributed by atoms with E-state index < -0.39 is 0 Å². The highest BCUT2D eigenvalue weighted by molar-refractivity contribution is 6.31. The number of nitrogens with one attached hydrogen (secondary N) is 2. The monoisotopic (exact) mass is 424 g/mol. The lowest BCUT2D eigenvalue weighted by molar-refractivity contribution is -0.145. The van der Waals surface area contributed by atoms with E-state index in [0.717, 1.165) is 18.4 Å². The molecule has 0 radical (unpaired) electrons. The first-order valence-electron chi connectivity index (χ1n) is 10.1. The van der Waals surface area contributed by atoms with Crippen LogP contribution in [0.25, 0.3) is 0 Å². The number of hydrogen-bond donors (Lipinski definition) is 2. The van der Waals surface area contributed by atoms with Gasteiger partial charge in [0.2, 0.25) is 5.91 Å². The predicted octanol–water partition coefficient (Wildman–Crippen LogP) is 4.04. The fourth-order valence-corrected chi connectivity index (χ4v) is 5.44. The van der Waals surface area contributed by atoms with Gasteiger partial charge in [-0.1, -0.05) is 23.7 Å². The lowest BCUT2D eigenvalue weighted by Crippen LogP contribution is -2.35. The summed E-state index contributed by atoms with van der Waals surface area (Å²) in [6.45, 7) is 1.84. The number of halogens is 1. The van der Waals surface area contributed by atoms with Crippen molar-refractivity contribution in [3.63, 3.8) is 0 Å². The molecule has 2 aromatic carbocycles. The summed E-state index contributed by atoms with van der Waals surface area (Å²) < 4.78 is 5.41. The van der Waals surface area contributed by atoms with Gasteiger partial charge in [0.25, 0.3) is 5.91 Å². The van der Waals surface area contributed by atoms with E-state index in [0.29, 0.717) is 22.0 Å². The Labute approximate surface area is 178 Å². The number of amides is 2. The van der Waals surface area contributed by atoms with Crippen LogP contribution in [0.5, 0.6) is 0 Å². The zero-order valence-corrected chi connectivity index (χ0v) is 17.1. The molecule has 7 heteroatoms. The molecule has 1 aliphatic heterocycles. The molecule has 3 aliphatic rings. The minimum Gasteiger partial charge on any atom is -0.462 e. The summed E-state index contributed by atoms with van der Waals surface area (Å²) in [6, 6.07) is 12.1. The standard InChI is InChI=1S/C23H21ClN2O4/c1-11-16(24)6-3-7-17(11)26-21(27)12-4-2-5-14(8-12)25-22(28)19-13-9-15-18(10-13)30-23(29)20(15)19/h2-8,13,15,18-20H,9-10H2,1H3,(H,25,28)(H,26,27)/t13-,15+,18-,19-,20-/m1/s1. The Bertz CT molecular complexity index is 1070. The highest BCUT2D eigenvalue weighted by Crippen LogP contribution is 2.57. The SMILES string of the molecule is Cc1c(Cl)cccc1NC(=O)c1cccc(NC(=O)[C@@H]2[C@@H]3C[C@@H]4[C@H]2C(=O)O[C@@H]4C3)c1. The van der Waals surface area contributed by atoms with E-state index in [2.05, 4.69) is 10.6 Å². The van der Waals surface area contributed by atoms with E-state index in [4.69, 9.17) is 16.3 Å². The Morgan fingerprint density at radius 3 is 2.73 bits per heavy atom. The number of rotatable bonds is 4. The molecular formula is C23H21ClN2O4. The fraction of sp³-hybridized carbons (Fsp3) is 0.348. The summed E-state index contributed by atoms with van der Waals surface area (Å²) in [5.41, 5.74) is 2.37. The van der Waals surface area contributed by atoms with Crippen LogP contribution in [0.3, 0.4) is 0 Å². The molecule has 2 N–H and O–H groups in total. The fourth-order valence-electron chi connectivity index (χ4n) is 5.26. The van der Waals surface area contributed by atoms with Crippen LogP contribution in [0.15, 0.2) is 42.5 Å². The van der Waals surface area contributed by atoms with E-state index in [9.17, 15) is 14.4 Å². The largest absolute Gasteiger partial charge is 0.462 e. The summed E-state index contributed by atoms with van der Waals surface area (Å²) in [6.07, 6.45) is 1.64. The Morgan fingerprint density at radius 1 is 1.10 bits per heavy atom. The first-order chi connectivity index (χ1) is 14.4. The zero-order valence-electron chi connectivity index (χ0n) is 16.4. The van der Waals surface area contributed by atoms with E-state index >= 15 is 0 Å². The summed E-state index contributed by atoms with van der Waals surface area (Å²) in [4.78, 5) is 37.8. The van der Waals surface area contributed by atoms with Gasteiger partial charge in [-0.05, 0) is 61.6 Å². The Kier molecular flexibility index (Phi) is 4.54. The van der Waals surface area contributed by atoms with Gasteiger partial charge in [-0.3, -0.25) is 14.4 Å². The van der Waals surface area contributed by atoms with Crippen molar-refractivity contribution in [2.75, 3.05) is 10.6 Å². The number of esters is 1. The second-order valence-electron chi connectivity index (χ2n) is 8.36. The van der Waals surface area contributed by atoms with Crippen LogP contribution < -0.4 is 10.6 Å². The van der Waals surface area contributed by atoms with Crippen LogP contribution in [0.4, 0.5) is 11.4 Å². The topological polar surface area (TPSA) is 84.5 Å². The van der Waals surface area contributed by atoms with Crippen LogP contribution >= 0.6 is 11.6 Å². The minimum atomic E-state index is -0.354. The van der Waals surface area contributed by atoms with Crippen LogP contribution in [0, 0.1) is 30.6 Å². The molecule has 1 saturated heterocycles. The maximum absolute atomic E-state index is 13.0. The predicted molar refractivity (Wildman–Crippen MR) is 112 cm³/mol. The van der Waals surface area contributed by atoms with Crippen molar-refractivity contribution in [3.8, 4) is 0 Å². The third-order valence-electron chi connectivity index (χ3n) is 6.69. The molecule has 0 aromatic heterocycles. The number of ether oxygens (including phenoxy) is 1. The molecule has 0 unspecified atom stereocenters. The second kappa shape index (κ2) is 7.13. The van der Waals surface area contributed by atoms with E-state index in [1.165, 1.54) is 0 Å². The van der Waals surface area contributed by atoms with Crippen molar-refractivity contribution >= 4 is 40.8 Å². The zero-order chi connectivity index (χ0) is 21.0. The molecule has 6 nitrogen and oxygen atoms in total. The molecule has 5 atom stereocenters. The van der Waals surface area contributed by atoms with Crippen molar-refractivity contribution in [3.05, 3.63) is 58.6 Å². The number of carbonyl (C=O) groups excluding carboxylic acids is 3. The Balaban J connectivity index is 1.31. The third-order valence-corrected chi connectivity index (χ3v) is 7.10. The van der Waals surface area contributed by atoms with E-state index in [-0.39, 0.29) is 47.6 Å². The lowest BCUT2D eigenvalue weighted by Gasteiger charge is -2.23. The molecule has 2 bridgehead atoms. The summed E-state index contributed by atoms with van der Waals surface area (Å²) in [5, 5.41) is 6.34. The molecule has 5 rings (SSSR count). The van der Waals surface area contributed by atoms with Crippen LogP contribution in [-0.2, 0) is 14.3 Å². The molecular weight excluding hydrogens is 404 g/mol. The number of fused-ring (bicyclic) bond motifs is 1. The molecule has 2 aliphatic carbocycles. The third kappa shape index (κ3) is 3.06. The van der Waals surface area contributed by atoms with Gasteiger partial charge >= 0.3 is 5.97 Å². The van der Waals surface area contributed by atoms with Gasteiger partial charge in [0.1, 0.15) is 6.10 Å². The minimum absolute atomic E-state index is 0.00137. The van der Waals surface area contributed by atoms with Crippen molar-refractivity contribution in [2.45, 2.75) is 25.9 Å². The molecule has 154 valence electrons. The van der Waals surface area contributed by atoms with Gasteiger partial charge < -0.3 is 15.4 Å². The summed E-state index contributed by atoms with van der Waals surface area (Å²) >= 11 is 6.12.